The van der Waals surface area contributed by atoms with E-state index in [0.717, 1.165) is 25.7 Å². The molecule has 2 aliphatic rings. The van der Waals surface area contributed by atoms with E-state index in [9.17, 15) is 5.11 Å². The van der Waals surface area contributed by atoms with Crippen LogP contribution in [0.5, 0.6) is 0 Å². The Morgan fingerprint density at radius 3 is 2.31 bits per heavy atom. The van der Waals surface area contributed by atoms with E-state index in [1.807, 2.05) is 0 Å². The number of hydrogen-bond acceptors (Lipinski definition) is 3. The highest BCUT2D eigenvalue weighted by Gasteiger charge is 2.54. The molecule has 2 rings (SSSR count). The molecule has 1 aliphatic heterocycles. The fraction of sp³-hybridized carbons (Fsp3) is 1.00. The van der Waals surface area contributed by atoms with Gasteiger partial charge in [-0.05, 0) is 26.7 Å². The van der Waals surface area contributed by atoms with Gasteiger partial charge in [0.25, 0.3) is 0 Å². The van der Waals surface area contributed by atoms with E-state index in [0.29, 0.717) is 13.2 Å². The van der Waals surface area contributed by atoms with Crippen LogP contribution in [0.25, 0.3) is 0 Å². The maximum Gasteiger partial charge on any atom is 0.0764 e. The van der Waals surface area contributed by atoms with E-state index < -0.39 is 5.60 Å². The van der Waals surface area contributed by atoms with Crippen molar-refractivity contribution >= 4 is 0 Å². The summed E-state index contributed by atoms with van der Waals surface area (Å²) in [5, 5.41) is 11.0. The lowest BCUT2D eigenvalue weighted by atomic mass is 9.64. The third-order valence-electron chi connectivity index (χ3n) is 4.67. The fourth-order valence-electron chi connectivity index (χ4n) is 3.70. The Morgan fingerprint density at radius 2 is 1.81 bits per heavy atom. The molecule has 1 unspecified atom stereocenters. The first-order valence-electron chi connectivity index (χ1n) is 6.50. The average molecular weight is 227 g/mol. The smallest absolute Gasteiger partial charge is 0.0764 e. The Morgan fingerprint density at radius 1 is 1.19 bits per heavy atom. The number of ether oxygens (including phenoxy) is 1. The second kappa shape index (κ2) is 3.97. The van der Waals surface area contributed by atoms with Crippen molar-refractivity contribution < 1.29 is 9.84 Å². The number of rotatable bonds is 2. The van der Waals surface area contributed by atoms with Gasteiger partial charge in [0.15, 0.2) is 0 Å². The average Bonchev–Trinajstić information content (AvgIpc) is 2.65. The lowest BCUT2D eigenvalue weighted by Gasteiger charge is -2.51. The third kappa shape index (κ3) is 1.89. The van der Waals surface area contributed by atoms with E-state index in [1.54, 1.807) is 0 Å². The van der Waals surface area contributed by atoms with Crippen LogP contribution in [-0.4, -0.2) is 29.5 Å². The Bertz CT molecular complexity index is 259. The van der Waals surface area contributed by atoms with Crippen LogP contribution in [0.2, 0.25) is 0 Å². The molecule has 1 aliphatic carbocycles. The van der Waals surface area contributed by atoms with E-state index in [-0.39, 0.29) is 11.0 Å². The number of aliphatic hydroxyl groups is 1. The van der Waals surface area contributed by atoms with Gasteiger partial charge in [0.2, 0.25) is 0 Å². The normalized spacial score (nSPS) is 37.5. The molecular formula is C13H25NO2. The van der Waals surface area contributed by atoms with E-state index in [1.165, 1.54) is 12.8 Å². The monoisotopic (exact) mass is 227 g/mol. The van der Waals surface area contributed by atoms with Gasteiger partial charge in [-0.2, -0.15) is 0 Å². The minimum Gasteiger partial charge on any atom is -0.389 e. The SMILES string of the molecule is CC1(C)CC(O)(C2(CN)CCCC2)CCO1. The predicted molar refractivity (Wildman–Crippen MR) is 64.2 cm³/mol. The van der Waals surface area contributed by atoms with E-state index >= 15 is 0 Å². The molecule has 1 heterocycles. The molecule has 1 atom stereocenters. The van der Waals surface area contributed by atoms with Gasteiger partial charge in [0.1, 0.15) is 0 Å². The summed E-state index contributed by atoms with van der Waals surface area (Å²) in [6, 6.07) is 0. The van der Waals surface area contributed by atoms with Crippen molar-refractivity contribution in [3.63, 3.8) is 0 Å². The van der Waals surface area contributed by atoms with Crippen LogP contribution >= 0.6 is 0 Å². The van der Waals surface area contributed by atoms with Gasteiger partial charge in [0, 0.05) is 24.8 Å². The quantitative estimate of drug-likeness (QED) is 0.756. The zero-order valence-electron chi connectivity index (χ0n) is 10.6. The van der Waals surface area contributed by atoms with Crippen LogP contribution in [0.3, 0.4) is 0 Å². The molecular weight excluding hydrogens is 202 g/mol. The first-order chi connectivity index (χ1) is 7.43. The van der Waals surface area contributed by atoms with Crippen LogP contribution in [0, 0.1) is 5.41 Å². The molecule has 3 heteroatoms. The first-order valence-corrected chi connectivity index (χ1v) is 6.50. The minimum absolute atomic E-state index is 0.0476. The summed E-state index contributed by atoms with van der Waals surface area (Å²) in [5.74, 6) is 0. The van der Waals surface area contributed by atoms with Crippen molar-refractivity contribution in [1.82, 2.24) is 0 Å². The van der Waals surface area contributed by atoms with Crippen molar-refractivity contribution in [2.24, 2.45) is 11.1 Å². The molecule has 1 saturated carbocycles. The van der Waals surface area contributed by atoms with Gasteiger partial charge in [-0.3, -0.25) is 0 Å². The Balaban J connectivity index is 2.22. The standard InChI is InChI=1S/C13H25NO2/c1-11(2)9-13(15,7-8-16-11)12(10-14)5-3-4-6-12/h15H,3-10,14H2,1-2H3. The minimum atomic E-state index is -0.611. The van der Waals surface area contributed by atoms with Crippen LogP contribution in [0.15, 0.2) is 0 Å². The molecule has 3 nitrogen and oxygen atoms in total. The summed E-state index contributed by atoms with van der Waals surface area (Å²) in [6.07, 6.45) is 6.04. The summed E-state index contributed by atoms with van der Waals surface area (Å²) >= 11 is 0. The molecule has 0 spiro atoms. The molecule has 3 N–H and O–H groups in total. The van der Waals surface area contributed by atoms with Gasteiger partial charge >= 0.3 is 0 Å². The van der Waals surface area contributed by atoms with Crippen molar-refractivity contribution in [2.45, 2.75) is 63.6 Å². The second-order valence-corrected chi connectivity index (χ2v) is 6.26. The Kier molecular flexibility index (Phi) is 3.06. The van der Waals surface area contributed by atoms with Crippen LogP contribution in [0.1, 0.15) is 52.4 Å². The number of hydrogen-bond donors (Lipinski definition) is 2. The molecule has 16 heavy (non-hydrogen) atoms. The highest BCUT2D eigenvalue weighted by atomic mass is 16.5. The van der Waals surface area contributed by atoms with Crippen molar-refractivity contribution in [1.29, 1.82) is 0 Å². The Hall–Kier alpha value is -0.120. The van der Waals surface area contributed by atoms with Crippen LogP contribution in [-0.2, 0) is 4.74 Å². The summed E-state index contributed by atoms with van der Waals surface area (Å²) in [5.41, 5.74) is 5.10. The molecule has 94 valence electrons. The van der Waals surface area contributed by atoms with Gasteiger partial charge in [-0.15, -0.1) is 0 Å². The van der Waals surface area contributed by atoms with Crippen molar-refractivity contribution in [3.05, 3.63) is 0 Å². The summed E-state index contributed by atoms with van der Waals surface area (Å²) in [4.78, 5) is 0. The molecule has 0 bridgehead atoms. The zero-order valence-corrected chi connectivity index (χ0v) is 10.6. The van der Waals surface area contributed by atoms with Gasteiger partial charge in [0.05, 0.1) is 17.8 Å². The van der Waals surface area contributed by atoms with Gasteiger partial charge in [-0.25, -0.2) is 0 Å². The van der Waals surface area contributed by atoms with Gasteiger partial charge in [-0.1, -0.05) is 12.8 Å². The molecule has 2 fully saturated rings. The lowest BCUT2D eigenvalue weighted by molar-refractivity contribution is -0.192. The highest BCUT2D eigenvalue weighted by Crippen LogP contribution is 2.52. The summed E-state index contributed by atoms with van der Waals surface area (Å²) in [7, 11) is 0. The molecule has 1 saturated heterocycles. The van der Waals surface area contributed by atoms with Crippen LogP contribution in [0.4, 0.5) is 0 Å². The van der Waals surface area contributed by atoms with E-state index in [2.05, 4.69) is 13.8 Å². The molecule has 0 aromatic rings. The largest absolute Gasteiger partial charge is 0.389 e. The van der Waals surface area contributed by atoms with Crippen LogP contribution < -0.4 is 5.73 Å². The highest BCUT2D eigenvalue weighted by molar-refractivity contribution is 5.06. The topological polar surface area (TPSA) is 55.5 Å². The Labute approximate surface area is 98.4 Å². The molecule has 0 amide bonds. The molecule has 0 aromatic carbocycles. The maximum absolute atomic E-state index is 11.0. The number of nitrogens with two attached hydrogens (primary N) is 1. The van der Waals surface area contributed by atoms with Gasteiger partial charge < -0.3 is 15.6 Å². The van der Waals surface area contributed by atoms with Crippen molar-refractivity contribution in [2.75, 3.05) is 13.2 Å². The molecule has 0 radical (unpaired) electrons. The lowest BCUT2D eigenvalue weighted by Crippen LogP contribution is -2.58. The predicted octanol–water partition coefficient (Wildman–Crippen LogP) is 1.83. The fourth-order valence-corrected chi connectivity index (χ4v) is 3.70. The zero-order chi connectivity index (χ0) is 11.9. The second-order valence-electron chi connectivity index (χ2n) is 6.26. The first kappa shape index (κ1) is 12.3. The van der Waals surface area contributed by atoms with E-state index in [4.69, 9.17) is 10.5 Å². The summed E-state index contributed by atoms with van der Waals surface area (Å²) < 4.78 is 5.71. The van der Waals surface area contributed by atoms with Crippen molar-refractivity contribution in [3.8, 4) is 0 Å². The molecule has 0 aromatic heterocycles. The maximum atomic E-state index is 11.0. The third-order valence-corrected chi connectivity index (χ3v) is 4.67. The summed E-state index contributed by atoms with van der Waals surface area (Å²) in [6.45, 7) is 5.40.